The molecule has 1 aliphatic carbocycles. The summed E-state index contributed by atoms with van der Waals surface area (Å²) in [6, 6.07) is 0. The molecule has 1 saturated carbocycles. The number of rotatable bonds is 6. The van der Waals surface area contributed by atoms with E-state index in [2.05, 4.69) is 25.5 Å². The van der Waals surface area contributed by atoms with Gasteiger partial charge >= 0.3 is 6.18 Å². The van der Waals surface area contributed by atoms with Gasteiger partial charge in [0.2, 0.25) is 5.95 Å². The summed E-state index contributed by atoms with van der Waals surface area (Å²) in [7, 11) is 0. The number of nitrogens with zero attached hydrogens (tertiary/aromatic N) is 3. The summed E-state index contributed by atoms with van der Waals surface area (Å²) in [5.74, 6) is 0.251. The van der Waals surface area contributed by atoms with E-state index in [1.54, 1.807) is 0 Å². The molecule has 4 rings (SSSR count). The Labute approximate surface area is 152 Å². The van der Waals surface area contributed by atoms with Crippen LogP contribution in [0, 0.1) is 5.92 Å². The van der Waals surface area contributed by atoms with Crippen molar-refractivity contribution in [3.05, 3.63) is 17.5 Å². The van der Waals surface area contributed by atoms with E-state index in [0.29, 0.717) is 43.5 Å². The number of hydrogen-bond donors (Lipinski definition) is 3. The molecule has 11 heteroatoms. The lowest BCUT2D eigenvalue weighted by atomic mass is 10.1. The quantitative estimate of drug-likeness (QED) is 0.702. The number of hydrogen-bond acceptors (Lipinski definition) is 7. The Balaban J connectivity index is 1.55. The van der Waals surface area contributed by atoms with Crippen LogP contribution >= 0.6 is 0 Å². The van der Waals surface area contributed by atoms with Crippen LogP contribution < -0.4 is 15.8 Å². The normalized spacial score (nSPS) is 20.0. The zero-order chi connectivity index (χ0) is 19.0. The number of alkyl halides is 3. The number of ether oxygens (including phenoxy) is 2. The summed E-state index contributed by atoms with van der Waals surface area (Å²) in [6.07, 6.45) is -1.01. The molecule has 0 aromatic carbocycles. The summed E-state index contributed by atoms with van der Waals surface area (Å²) >= 11 is 0. The lowest BCUT2D eigenvalue weighted by Crippen LogP contribution is -2.14. The third kappa shape index (κ3) is 3.92. The van der Waals surface area contributed by atoms with E-state index in [1.165, 1.54) is 0 Å². The first-order valence-corrected chi connectivity index (χ1v) is 8.67. The Bertz CT molecular complexity index is 815. The summed E-state index contributed by atoms with van der Waals surface area (Å²) in [5.41, 5.74) is 5.74. The highest BCUT2D eigenvalue weighted by Gasteiger charge is 2.35. The fourth-order valence-electron chi connectivity index (χ4n) is 2.93. The molecule has 0 bridgehead atoms. The van der Waals surface area contributed by atoms with E-state index in [1.807, 2.05) is 0 Å². The third-order valence-electron chi connectivity index (χ3n) is 4.59. The smallest absolute Gasteiger partial charge is 0.421 e. The lowest BCUT2D eigenvalue weighted by molar-refractivity contribution is -0.137. The van der Waals surface area contributed by atoms with Crippen molar-refractivity contribution in [1.82, 2.24) is 20.2 Å². The van der Waals surface area contributed by atoms with Crippen molar-refractivity contribution < 1.29 is 22.6 Å². The highest BCUT2D eigenvalue weighted by Crippen LogP contribution is 2.45. The molecule has 2 aliphatic rings. The Kier molecular flexibility index (Phi) is 4.54. The van der Waals surface area contributed by atoms with Gasteiger partial charge in [-0.15, -0.1) is 5.10 Å². The van der Waals surface area contributed by atoms with Crippen molar-refractivity contribution in [1.29, 1.82) is 0 Å². The van der Waals surface area contributed by atoms with Crippen molar-refractivity contribution in [2.45, 2.75) is 31.4 Å². The molecule has 1 atom stereocenters. The molecule has 0 spiro atoms. The maximum Gasteiger partial charge on any atom is 0.421 e. The van der Waals surface area contributed by atoms with Crippen molar-refractivity contribution in [3.8, 4) is 5.88 Å². The van der Waals surface area contributed by atoms with Crippen LogP contribution in [0.3, 0.4) is 0 Å². The highest BCUT2D eigenvalue weighted by molar-refractivity contribution is 5.65. The van der Waals surface area contributed by atoms with Crippen LogP contribution in [0.1, 0.15) is 36.4 Å². The summed E-state index contributed by atoms with van der Waals surface area (Å²) in [5, 5.41) is 10.1. The standard InChI is InChI=1S/C16H19F3N6O2/c17-16(18,19)10-5-21-15(23-13(10)20)22-12-11(9-1-2-9)24-25-14(12)27-7-8-3-4-26-6-8/h5,8-9H,1-4,6-7H2,(H,24,25)(H3,20,21,22,23). The van der Waals surface area contributed by atoms with Gasteiger partial charge in [-0.1, -0.05) is 0 Å². The number of nitrogen functional groups attached to an aromatic ring is 1. The predicted octanol–water partition coefficient (Wildman–Crippen LogP) is 2.84. The zero-order valence-corrected chi connectivity index (χ0v) is 14.3. The largest absolute Gasteiger partial charge is 0.475 e. The molecule has 1 unspecified atom stereocenters. The van der Waals surface area contributed by atoms with Gasteiger partial charge in [-0.2, -0.15) is 18.2 Å². The van der Waals surface area contributed by atoms with Gasteiger partial charge in [0.1, 0.15) is 17.1 Å². The maximum atomic E-state index is 12.8. The van der Waals surface area contributed by atoms with Crippen molar-refractivity contribution in [3.63, 3.8) is 0 Å². The van der Waals surface area contributed by atoms with Crippen LogP contribution in [0.5, 0.6) is 5.88 Å². The maximum absolute atomic E-state index is 12.8. The summed E-state index contributed by atoms with van der Waals surface area (Å²) in [4.78, 5) is 7.47. The van der Waals surface area contributed by atoms with Crippen LogP contribution in [-0.2, 0) is 10.9 Å². The monoisotopic (exact) mass is 384 g/mol. The van der Waals surface area contributed by atoms with Gasteiger partial charge in [-0.25, -0.2) is 4.98 Å². The van der Waals surface area contributed by atoms with E-state index < -0.39 is 17.6 Å². The minimum Gasteiger partial charge on any atom is -0.475 e. The van der Waals surface area contributed by atoms with Gasteiger partial charge in [-0.3, -0.25) is 5.10 Å². The van der Waals surface area contributed by atoms with Crippen LogP contribution in [0.25, 0.3) is 0 Å². The van der Waals surface area contributed by atoms with E-state index in [9.17, 15) is 13.2 Å². The van der Waals surface area contributed by atoms with Crippen molar-refractivity contribution >= 4 is 17.5 Å². The zero-order valence-electron chi connectivity index (χ0n) is 14.3. The fraction of sp³-hybridized carbons (Fsp3) is 0.562. The van der Waals surface area contributed by atoms with Gasteiger partial charge in [0.15, 0.2) is 0 Å². The number of halogens is 3. The minimum atomic E-state index is -4.60. The van der Waals surface area contributed by atoms with E-state index in [4.69, 9.17) is 15.2 Å². The second-order valence-electron chi connectivity index (χ2n) is 6.75. The Morgan fingerprint density at radius 2 is 2.15 bits per heavy atom. The van der Waals surface area contributed by atoms with Gasteiger partial charge in [0, 0.05) is 24.6 Å². The number of H-pyrrole nitrogens is 1. The van der Waals surface area contributed by atoms with Gasteiger partial charge in [0.25, 0.3) is 5.88 Å². The molecule has 3 heterocycles. The van der Waals surface area contributed by atoms with Crippen molar-refractivity contribution in [2.75, 3.05) is 30.9 Å². The first-order valence-electron chi connectivity index (χ1n) is 8.67. The molecule has 2 fully saturated rings. The molecular weight excluding hydrogens is 365 g/mol. The lowest BCUT2D eigenvalue weighted by Gasteiger charge is -2.13. The van der Waals surface area contributed by atoms with E-state index in [-0.39, 0.29) is 11.9 Å². The first-order chi connectivity index (χ1) is 12.9. The highest BCUT2D eigenvalue weighted by atomic mass is 19.4. The average Bonchev–Trinajstić information content (AvgIpc) is 3.16. The molecule has 0 amide bonds. The van der Waals surface area contributed by atoms with E-state index >= 15 is 0 Å². The molecule has 1 aliphatic heterocycles. The van der Waals surface area contributed by atoms with Crippen LogP contribution in [-0.4, -0.2) is 40.0 Å². The second kappa shape index (κ2) is 6.87. The SMILES string of the molecule is Nc1nc(Nc2c(OCC3CCOC3)n[nH]c2C2CC2)ncc1C(F)(F)F. The number of anilines is 3. The molecular formula is C16H19F3N6O2. The second-order valence-corrected chi connectivity index (χ2v) is 6.75. The van der Waals surface area contributed by atoms with Gasteiger partial charge in [0.05, 0.1) is 18.9 Å². The average molecular weight is 384 g/mol. The summed E-state index contributed by atoms with van der Waals surface area (Å²) < 4.78 is 49.6. The minimum absolute atomic E-state index is 0.0437. The molecule has 2 aromatic heterocycles. The molecule has 1 saturated heterocycles. The Morgan fingerprint density at radius 3 is 2.78 bits per heavy atom. The predicted molar refractivity (Wildman–Crippen MR) is 89.7 cm³/mol. The molecule has 4 N–H and O–H groups in total. The molecule has 2 aromatic rings. The first kappa shape index (κ1) is 17.8. The summed E-state index contributed by atoms with van der Waals surface area (Å²) in [6.45, 7) is 1.80. The topological polar surface area (TPSA) is 111 Å². The van der Waals surface area contributed by atoms with Crippen LogP contribution in [0.15, 0.2) is 6.20 Å². The van der Waals surface area contributed by atoms with Crippen LogP contribution in [0.4, 0.5) is 30.6 Å². The Hall–Kier alpha value is -2.56. The third-order valence-corrected chi connectivity index (χ3v) is 4.59. The van der Waals surface area contributed by atoms with Gasteiger partial charge < -0.3 is 20.5 Å². The molecule has 146 valence electrons. The molecule has 27 heavy (non-hydrogen) atoms. The molecule has 8 nitrogen and oxygen atoms in total. The van der Waals surface area contributed by atoms with Crippen LogP contribution in [0.2, 0.25) is 0 Å². The number of aromatic amines is 1. The number of nitrogens with two attached hydrogens (primary N) is 1. The van der Waals surface area contributed by atoms with E-state index in [0.717, 1.165) is 25.0 Å². The van der Waals surface area contributed by atoms with Crippen molar-refractivity contribution in [2.24, 2.45) is 5.92 Å². The number of nitrogens with one attached hydrogen (secondary N) is 2. The number of aromatic nitrogens is 4. The van der Waals surface area contributed by atoms with Gasteiger partial charge in [-0.05, 0) is 19.3 Å². The Morgan fingerprint density at radius 1 is 1.33 bits per heavy atom. The molecule has 0 radical (unpaired) electrons. The fourth-order valence-corrected chi connectivity index (χ4v) is 2.93.